The van der Waals surface area contributed by atoms with Crippen LogP contribution in [0.4, 0.5) is 5.82 Å². The lowest BCUT2D eigenvalue weighted by Crippen LogP contribution is -2.04. The Balaban J connectivity index is 2.56. The minimum atomic E-state index is 0.359. The molecule has 17 heavy (non-hydrogen) atoms. The van der Waals surface area contributed by atoms with Crippen molar-refractivity contribution in [2.75, 3.05) is 5.73 Å². The Kier molecular flexibility index (Phi) is 3.11. The summed E-state index contributed by atoms with van der Waals surface area (Å²) in [5.74, 6) is 0.997. The van der Waals surface area contributed by atoms with E-state index in [1.807, 2.05) is 31.2 Å². The van der Waals surface area contributed by atoms with Gasteiger partial charge in [0.15, 0.2) is 0 Å². The van der Waals surface area contributed by atoms with Crippen LogP contribution in [0.25, 0.3) is 5.69 Å². The van der Waals surface area contributed by atoms with E-state index in [1.54, 1.807) is 4.68 Å². The maximum Gasteiger partial charge on any atom is 0.127 e. The van der Waals surface area contributed by atoms with Gasteiger partial charge in [0.05, 0.1) is 11.4 Å². The molecule has 0 spiro atoms. The number of nitrogens with two attached hydrogens (primary N) is 1. The van der Waals surface area contributed by atoms with Crippen molar-refractivity contribution in [2.24, 2.45) is 0 Å². The van der Waals surface area contributed by atoms with Crippen molar-refractivity contribution in [3.05, 3.63) is 40.5 Å². The second kappa shape index (κ2) is 4.41. The van der Waals surface area contributed by atoms with E-state index in [0.29, 0.717) is 16.8 Å². The molecule has 0 fully saturated rings. The van der Waals surface area contributed by atoms with E-state index < -0.39 is 0 Å². The molecule has 2 N–H and O–H groups in total. The minimum absolute atomic E-state index is 0.359. The van der Waals surface area contributed by atoms with Crippen LogP contribution in [0.2, 0.25) is 5.02 Å². The maximum atomic E-state index is 6.01. The molecule has 0 atom stereocenters. The highest BCUT2D eigenvalue weighted by atomic mass is 35.5. The van der Waals surface area contributed by atoms with E-state index in [2.05, 4.69) is 18.9 Å². The average Bonchev–Trinajstić information content (AvgIpc) is 2.64. The molecule has 0 saturated heterocycles. The first-order valence-corrected chi connectivity index (χ1v) is 5.99. The zero-order chi connectivity index (χ0) is 12.6. The second-order valence-corrected chi connectivity index (χ2v) is 4.93. The number of aromatic nitrogens is 2. The highest BCUT2D eigenvalue weighted by Gasteiger charge is 2.11. The molecule has 3 nitrogen and oxygen atoms in total. The Bertz CT molecular complexity index is 544. The van der Waals surface area contributed by atoms with Gasteiger partial charge < -0.3 is 5.73 Å². The quantitative estimate of drug-likeness (QED) is 0.885. The van der Waals surface area contributed by atoms with Gasteiger partial charge in [-0.3, -0.25) is 0 Å². The van der Waals surface area contributed by atoms with Crippen LogP contribution in [0.5, 0.6) is 0 Å². The Morgan fingerprint density at radius 1 is 1.29 bits per heavy atom. The number of anilines is 1. The summed E-state index contributed by atoms with van der Waals surface area (Å²) in [6, 6.07) is 7.62. The van der Waals surface area contributed by atoms with Gasteiger partial charge in [0, 0.05) is 11.1 Å². The minimum Gasteiger partial charge on any atom is -0.384 e. The van der Waals surface area contributed by atoms with Gasteiger partial charge in [-0.2, -0.15) is 5.10 Å². The molecule has 0 aliphatic rings. The predicted octanol–water partition coefficient (Wildman–Crippen LogP) is 3.54. The molecule has 0 aliphatic heterocycles. The average molecular weight is 250 g/mol. The Morgan fingerprint density at radius 2 is 2.00 bits per heavy atom. The number of nitrogens with zero attached hydrogens (tertiary/aromatic N) is 2. The smallest absolute Gasteiger partial charge is 0.127 e. The SMILES string of the molecule is Cc1ccc(Cl)cc1-n1nc(C(C)C)cc1N. The van der Waals surface area contributed by atoms with Gasteiger partial charge in [0.1, 0.15) is 5.82 Å². The standard InChI is InChI=1S/C13H16ClN3/c1-8(2)11-7-13(15)17(16-11)12-6-10(14)5-4-9(12)3/h4-8H,15H2,1-3H3. The molecule has 4 heteroatoms. The molecule has 90 valence electrons. The molecular weight excluding hydrogens is 234 g/mol. The molecule has 1 aromatic carbocycles. The van der Waals surface area contributed by atoms with Crippen LogP contribution in [0.1, 0.15) is 31.0 Å². The molecule has 0 aliphatic carbocycles. The summed E-state index contributed by atoms with van der Waals surface area (Å²) in [6.07, 6.45) is 0. The zero-order valence-corrected chi connectivity index (χ0v) is 11.0. The third-order valence-electron chi connectivity index (χ3n) is 2.75. The van der Waals surface area contributed by atoms with Crippen LogP contribution in [0.15, 0.2) is 24.3 Å². The number of hydrogen-bond donors (Lipinski definition) is 1. The summed E-state index contributed by atoms with van der Waals surface area (Å²) in [5, 5.41) is 5.20. The number of nitrogen functional groups attached to an aromatic ring is 1. The van der Waals surface area contributed by atoms with E-state index in [9.17, 15) is 0 Å². The van der Waals surface area contributed by atoms with Crippen molar-refractivity contribution in [3.63, 3.8) is 0 Å². The summed E-state index contributed by atoms with van der Waals surface area (Å²) in [5.41, 5.74) is 9.00. The van der Waals surface area contributed by atoms with Crippen molar-refractivity contribution in [2.45, 2.75) is 26.7 Å². The topological polar surface area (TPSA) is 43.8 Å². The van der Waals surface area contributed by atoms with Crippen LogP contribution in [-0.2, 0) is 0 Å². The lowest BCUT2D eigenvalue weighted by atomic mass is 10.1. The lowest BCUT2D eigenvalue weighted by Gasteiger charge is -2.08. The van der Waals surface area contributed by atoms with Crippen molar-refractivity contribution in [3.8, 4) is 5.69 Å². The molecule has 0 radical (unpaired) electrons. The summed E-state index contributed by atoms with van der Waals surface area (Å²) < 4.78 is 1.75. The van der Waals surface area contributed by atoms with Crippen molar-refractivity contribution < 1.29 is 0 Å². The fraction of sp³-hybridized carbons (Fsp3) is 0.308. The van der Waals surface area contributed by atoms with Crippen molar-refractivity contribution >= 4 is 17.4 Å². The first-order chi connectivity index (χ1) is 7.99. The van der Waals surface area contributed by atoms with E-state index in [0.717, 1.165) is 16.9 Å². The molecular formula is C13H16ClN3. The molecule has 2 rings (SSSR count). The third-order valence-corrected chi connectivity index (χ3v) is 2.98. The fourth-order valence-electron chi connectivity index (χ4n) is 1.70. The van der Waals surface area contributed by atoms with Crippen molar-refractivity contribution in [1.29, 1.82) is 0 Å². The number of benzene rings is 1. The molecule has 0 bridgehead atoms. The molecule has 0 unspecified atom stereocenters. The maximum absolute atomic E-state index is 6.01. The summed E-state index contributed by atoms with van der Waals surface area (Å²) in [4.78, 5) is 0. The second-order valence-electron chi connectivity index (χ2n) is 4.49. The zero-order valence-electron chi connectivity index (χ0n) is 10.2. The van der Waals surface area contributed by atoms with Crippen LogP contribution < -0.4 is 5.73 Å². The first kappa shape index (κ1) is 12.0. The van der Waals surface area contributed by atoms with E-state index in [4.69, 9.17) is 17.3 Å². The fourth-order valence-corrected chi connectivity index (χ4v) is 1.87. The third kappa shape index (κ3) is 2.29. The molecule has 0 amide bonds. The van der Waals surface area contributed by atoms with Crippen LogP contribution in [0.3, 0.4) is 0 Å². The largest absolute Gasteiger partial charge is 0.384 e. The van der Waals surface area contributed by atoms with Crippen molar-refractivity contribution in [1.82, 2.24) is 9.78 Å². The molecule has 1 aromatic heterocycles. The van der Waals surface area contributed by atoms with Crippen LogP contribution in [-0.4, -0.2) is 9.78 Å². The molecule has 0 saturated carbocycles. The highest BCUT2D eigenvalue weighted by molar-refractivity contribution is 6.30. The van der Waals surface area contributed by atoms with Crippen LogP contribution in [0, 0.1) is 6.92 Å². The lowest BCUT2D eigenvalue weighted by molar-refractivity contribution is 0.769. The first-order valence-electron chi connectivity index (χ1n) is 5.61. The Morgan fingerprint density at radius 3 is 2.59 bits per heavy atom. The number of halogens is 1. The highest BCUT2D eigenvalue weighted by Crippen LogP contribution is 2.24. The van der Waals surface area contributed by atoms with Gasteiger partial charge in [-0.25, -0.2) is 4.68 Å². The van der Waals surface area contributed by atoms with Gasteiger partial charge in [0.25, 0.3) is 0 Å². The Hall–Kier alpha value is -1.48. The summed E-state index contributed by atoms with van der Waals surface area (Å²) in [7, 11) is 0. The summed E-state index contributed by atoms with van der Waals surface area (Å²) in [6.45, 7) is 6.20. The van der Waals surface area contributed by atoms with E-state index >= 15 is 0 Å². The number of hydrogen-bond acceptors (Lipinski definition) is 2. The predicted molar refractivity (Wildman–Crippen MR) is 71.8 cm³/mol. The monoisotopic (exact) mass is 249 g/mol. The van der Waals surface area contributed by atoms with Crippen LogP contribution >= 0.6 is 11.6 Å². The van der Waals surface area contributed by atoms with E-state index in [-0.39, 0.29) is 0 Å². The normalized spacial score (nSPS) is 11.1. The van der Waals surface area contributed by atoms with Gasteiger partial charge in [-0.05, 0) is 30.5 Å². The summed E-state index contributed by atoms with van der Waals surface area (Å²) >= 11 is 6.01. The Labute approximate surface area is 106 Å². The number of aryl methyl sites for hydroxylation is 1. The van der Waals surface area contributed by atoms with Gasteiger partial charge in [-0.1, -0.05) is 31.5 Å². The van der Waals surface area contributed by atoms with E-state index in [1.165, 1.54) is 0 Å². The van der Waals surface area contributed by atoms with Gasteiger partial charge in [-0.15, -0.1) is 0 Å². The number of rotatable bonds is 2. The molecule has 1 heterocycles. The van der Waals surface area contributed by atoms with Gasteiger partial charge in [0.2, 0.25) is 0 Å². The molecule has 2 aromatic rings. The van der Waals surface area contributed by atoms with Gasteiger partial charge >= 0.3 is 0 Å².